The summed E-state index contributed by atoms with van der Waals surface area (Å²) in [5.41, 5.74) is 17.2. The molecular weight excluding hydrogens is 691 g/mol. The summed E-state index contributed by atoms with van der Waals surface area (Å²) in [6, 6.07) is 72.6. The molecule has 0 saturated heterocycles. The van der Waals surface area contributed by atoms with Gasteiger partial charge in [0.25, 0.3) is 0 Å². The Bertz CT molecular complexity index is 3120. The predicted octanol–water partition coefficient (Wildman–Crippen LogP) is 15.5. The Balaban J connectivity index is 1.23. The summed E-state index contributed by atoms with van der Waals surface area (Å²) in [7, 11) is 0. The Labute approximate surface area is 332 Å². The van der Waals surface area contributed by atoms with E-state index in [0.29, 0.717) is 0 Å². The average molecular weight is 730 g/mol. The van der Waals surface area contributed by atoms with Gasteiger partial charge in [-0.15, -0.1) is 0 Å². The van der Waals surface area contributed by atoms with Crippen LogP contribution in [0.1, 0.15) is 25.0 Å². The molecule has 0 aliphatic heterocycles. The van der Waals surface area contributed by atoms with E-state index in [9.17, 15) is 0 Å². The van der Waals surface area contributed by atoms with E-state index < -0.39 is 0 Å². The molecule has 1 aliphatic rings. The lowest BCUT2D eigenvalue weighted by Crippen LogP contribution is -2.16. The lowest BCUT2D eigenvalue weighted by atomic mass is 9.82. The van der Waals surface area contributed by atoms with Crippen LogP contribution in [0.3, 0.4) is 0 Å². The quantitative estimate of drug-likeness (QED) is 0.169. The number of benzene rings is 9. The second-order valence-electron chi connectivity index (χ2n) is 15.7. The summed E-state index contributed by atoms with van der Waals surface area (Å²) in [5, 5.41) is 4.46. The molecule has 0 spiro atoms. The zero-order chi connectivity index (χ0) is 38.1. The minimum Gasteiger partial charge on any atom is -0.455 e. The monoisotopic (exact) mass is 729 g/mol. The number of hydrogen-bond donors (Lipinski definition) is 0. The van der Waals surface area contributed by atoms with Crippen LogP contribution in [0.5, 0.6) is 0 Å². The number of rotatable bonds is 6. The average Bonchev–Trinajstić information content (AvgIpc) is 3.76. The molecule has 10 aromatic rings. The predicted molar refractivity (Wildman–Crippen MR) is 240 cm³/mol. The third-order valence-corrected chi connectivity index (χ3v) is 12.0. The van der Waals surface area contributed by atoms with Crippen molar-refractivity contribution in [3.05, 3.63) is 211 Å². The van der Waals surface area contributed by atoms with Gasteiger partial charge >= 0.3 is 0 Å². The minimum absolute atomic E-state index is 0.155. The second kappa shape index (κ2) is 13.0. The highest BCUT2D eigenvalue weighted by Crippen LogP contribution is 2.52. The molecule has 0 bridgehead atoms. The molecule has 0 saturated carbocycles. The molecule has 2 nitrogen and oxygen atoms in total. The maximum atomic E-state index is 7.08. The van der Waals surface area contributed by atoms with Gasteiger partial charge in [-0.2, -0.15) is 0 Å². The summed E-state index contributed by atoms with van der Waals surface area (Å²) in [6.07, 6.45) is 0. The Kier molecular flexibility index (Phi) is 7.55. The Hall–Kier alpha value is -7.16. The largest absolute Gasteiger partial charge is 0.455 e. The molecule has 0 unspecified atom stereocenters. The zero-order valence-electron chi connectivity index (χ0n) is 31.9. The molecule has 0 amide bonds. The van der Waals surface area contributed by atoms with Crippen molar-refractivity contribution in [3.8, 4) is 44.5 Å². The van der Waals surface area contributed by atoms with E-state index in [-0.39, 0.29) is 5.41 Å². The van der Waals surface area contributed by atoms with Crippen molar-refractivity contribution >= 4 is 49.8 Å². The summed E-state index contributed by atoms with van der Waals surface area (Å²) in [5.74, 6) is 0. The van der Waals surface area contributed by atoms with Crippen molar-refractivity contribution in [2.24, 2.45) is 0 Å². The van der Waals surface area contributed by atoms with E-state index in [4.69, 9.17) is 4.42 Å². The van der Waals surface area contributed by atoms with E-state index in [2.05, 4.69) is 219 Å². The van der Waals surface area contributed by atoms with E-state index in [0.717, 1.165) is 55.5 Å². The number of nitrogens with zero attached hydrogens (tertiary/aromatic N) is 1. The van der Waals surface area contributed by atoms with Crippen molar-refractivity contribution in [2.45, 2.75) is 19.3 Å². The maximum Gasteiger partial charge on any atom is 0.143 e. The van der Waals surface area contributed by atoms with Gasteiger partial charge in [0.1, 0.15) is 11.2 Å². The van der Waals surface area contributed by atoms with Crippen LogP contribution < -0.4 is 4.90 Å². The summed E-state index contributed by atoms with van der Waals surface area (Å²) < 4.78 is 7.08. The standard InChI is InChI=1S/C55H39NO/c1-55(2)49-25-15-14-23-44(49)45-31-30-42(34-50(45)55)56(41-28-26-38(27-29-41)36-16-6-3-7-17-36)51-32-40(37-18-8-4-9-19-37)33-52-53(51)48-35-47(39-20-10-5-11-21-39)43-22-12-13-24-46(43)54(48)57-52/h3-35H,1-2H3. The highest BCUT2D eigenvalue weighted by molar-refractivity contribution is 6.23. The van der Waals surface area contributed by atoms with Crippen LogP contribution in [0.25, 0.3) is 77.2 Å². The fourth-order valence-corrected chi connectivity index (χ4v) is 9.23. The molecule has 1 aromatic heterocycles. The number of hydrogen-bond acceptors (Lipinski definition) is 2. The molecule has 1 aliphatic carbocycles. The molecular formula is C55H39NO. The maximum absolute atomic E-state index is 7.08. The van der Waals surface area contributed by atoms with Crippen LogP contribution in [0, 0.1) is 0 Å². The van der Waals surface area contributed by atoms with E-state index in [1.165, 1.54) is 49.9 Å². The number of fused-ring (bicyclic) bond motifs is 8. The summed E-state index contributed by atoms with van der Waals surface area (Å²) in [4.78, 5) is 2.45. The third-order valence-electron chi connectivity index (χ3n) is 12.0. The van der Waals surface area contributed by atoms with Gasteiger partial charge in [-0.3, -0.25) is 0 Å². The van der Waals surface area contributed by atoms with Crippen molar-refractivity contribution in [1.82, 2.24) is 0 Å². The molecule has 57 heavy (non-hydrogen) atoms. The van der Waals surface area contributed by atoms with Crippen molar-refractivity contribution in [3.63, 3.8) is 0 Å². The van der Waals surface area contributed by atoms with E-state index in [1.807, 2.05) is 0 Å². The molecule has 0 atom stereocenters. The van der Waals surface area contributed by atoms with Crippen molar-refractivity contribution in [1.29, 1.82) is 0 Å². The molecule has 0 fully saturated rings. The molecule has 9 aromatic carbocycles. The first-order chi connectivity index (χ1) is 28.0. The van der Waals surface area contributed by atoms with E-state index >= 15 is 0 Å². The molecule has 2 heteroatoms. The van der Waals surface area contributed by atoms with Crippen molar-refractivity contribution in [2.75, 3.05) is 4.90 Å². The van der Waals surface area contributed by atoms with Gasteiger partial charge in [0, 0.05) is 27.6 Å². The van der Waals surface area contributed by atoms with Crippen LogP contribution in [0.15, 0.2) is 205 Å². The van der Waals surface area contributed by atoms with Crippen LogP contribution >= 0.6 is 0 Å². The van der Waals surface area contributed by atoms with Crippen LogP contribution in [-0.2, 0) is 5.41 Å². The topological polar surface area (TPSA) is 16.4 Å². The SMILES string of the molecule is CC1(C)c2ccccc2-c2ccc(N(c3ccc(-c4ccccc4)cc3)c3cc(-c4ccccc4)cc4oc5c6ccccc6c(-c6ccccc6)cc5c34)cc21. The molecule has 11 rings (SSSR count). The van der Waals surface area contributed by atoms with Gasteiger partial charge in [-0.05, 0) is 103 Å². The van der Waals surface area contributed by atoms with Gasteiger partial charge in [0.05, 0.1) is 11.1 Å². The van der Waals surface area contributed by atoms with Crippen LogP contribution in [-0.4, -0.2) is 0 Å². The highest BCUT2D eigenvalue weighted by Gasteiger charge is 2.36. The smallest absolute Gasteiger partial charge is 0.143 e. The first kappa shape index (κ1) is 33.2. The number of furan rings is 1. The Morgan fingerprint density at radius 3 is 1.67 bits per heavy atom. The van der Waals surface area contributed by atoms with Crippen molar-refractivity contribution < 1.29 is 4.42 Å². The van der Waals surface area contributed by atoms with Gasteiger partial charge in [-0.25, -0.2) is 0 Å². The first-order valence-electron chi connectivity index (χ1n) is 19.8. The summed E-state index contributed by atoms with van der Waals surface area (Å²) in [6.45, 7) is 4.71. The van der Waals surface area contributed by atoms with Crippen LogP contribution in [0.2, 0.25) is 0 Å². The lowest BCUT2D eigenvalue weighted by Gasteiger charge is -2.29. The molecule has 270 valence electrons. The molecule has 1 heterocycles. The van der Waals surface area contributed by atoms with Gasteiger partial charge in [0.2, 0.25) is 0 Å². The van der Waals surface area contributed by atoms with Gasteiger partial charge < -0.3 is 9.32 Å². The zero-order valence-corrected chi connectivity index (χ0v) is 31.9. The first-order valence-corrected chi connectivity index (χ1v) is 19.8. The van der Waals surface area contributed by atoms with E-state index in [1.54, 1.807) is 0 Å². The second-order valence-corrected chi connectivity index (χ2v) is 15.7. The third kappa shape index (κ3) is 5.33. The molecule has 0 N–H and O–H groups in total. The Morgan fingerprint density at radius 1 is 0.386 bits per heavy atom. The fraction of sp³-hybridized carbons (Fsp3) is 0.0545. The Morgan fingerprint density at radius 2 is 0.947 bits per heavy atom. The normalized spacial score (nSPS) is 12.9. The molecule has 0 radical (unpaired) electrons. The lowest BCUT2D eigenvalue weighted by molar-refractivity contribution is 0.660. The summed E-state index contributed by atoms with van der Waals surface area (Å²) >= 11 is 0. The number of anilines is 3. The minimum atomic E-state index is -0.155. The van der Waals surface area contributed by atoms with Gasteiger partial charge in [0.15, 0.2) is 0 Å². The van der Waals surface area contributed by atoms with Gasteiger partial charge in [-0.1, -0.05) is 172 Å². The highest BCUT2D eigenvalue weighted by atomic mass is 16.3. The van der Waals surface area contributed by atoms with Crippen LogP contribution in [0.4, 0.5) is 17.1 Å². The fourth-order valence-electron chi connectivity index (χ4n) is 9.23.